The van der Waals surface area contributed by atoms with E-state index in [4.69, 9.17) is 10.5 Å². The van der Waals surface area contributed by atoms with Gasteiger partial charge in [0.15, 0.2) is 0 Å². The maximum Gasteiger partial charge on any atom is 0.237 e. The van der Waals surface area contributed by atoms with Gasteiger partial charge in [0.1, 0.15) is 0 Å². The quantitative estimate of drug-likeness (QED) is 0.756. The smallest absolute Gasteiger partial charge is 0.237 e. The summed E-state index contributed by atoms with van der Waals surface area (Å²) in [6, 6.07) is -0.0749. The molecule has 2 atom stereocenters. The maximum atomic E-state index is 11.7. The van der Waals surface area contributed by atoms with Crippen molar-refractivity contribution in [2.45, 2.75) is 32.9 Å². The van der Waals surface area contributed by atoms with Crippen LogP contribution in [0.3, 0.4) is 0 Å². The average molecular weight is 280 g/mol. The summed E-state index contributed by atoms with van der Waals surface area (Å²) in [5.41, 5.74) is 5.78. The van der Waals surface area contributed by atoms with Gasteiger partial charge in [-0.1, -0.05) is 13.8 Å². The largest absolute Gasteiger partial charge is 0.379 e. The van der Waals surface area contributed by atoms with Gasteiger partial charge in [-0.25, -0.2) is 0 Å². The van der Waals surface area contributed by atoms with Crippen molar-refractivity contribution < 1.29 is 9.53 Å². The van der Waals surface area contributed by atoms with Crippen molar-refractivity contribution in [3.05, 3.63) is 0 Å². The molecule has 1 rings (SSSR count). The lowest BCUT2D eigenvalue weighted by molar-refractivity contribution is -0.123. The van der Waals surface area contributed by atoms with Gasteiger partial charge in [-0.05, 0) is 12.8 Å². The summed E-state index contributed by atoms with van der Waals surface area (Å²) in [7, 11) is 0. The molecular formula is C12H26ClN3O2. The fourth-order valence-electron chi connectivity index (χ4n) is 1.82. The number of hydrogen-bond donors (Lipinski definition) is 2. The number of amides is 1. The second kappa shape index (κ2) is 8.69. The molecule has 0 spiro atoms. The molecule has 1 saturated heterocycles. The number of hydrogen-bond acceptors (Lipinski definition) is 4. The van der Waals surface area contributed by atoms with Gasteiger partial charge in [-0.3, -0.25) is 9.69 Å². The summed E-state index contributed by atoms with van der Waals surface area (Å²) in [6.45, 7) is 10.1. The zero-order valence-electron chi connectivity index (χ0n) is 11.5. The second-order valence-electron chi connectivity index (χ2n) is 5.01. The van der Waals surface area contributed by atoms with Crippen LogP contribution in [0.4, 0.5) is 0 Å². The molecule has 108 valence electrons. The third-order valence-corrected chi connectivity index (χ3v) is 3.26. The van der Waals surface area contributed by atoms with E-state index in [1.807, 2.05) is 13.8 Å². The molecule has 1 heterocycles. The van der Waals surface area contributed by atoms with E-state index in [9.17, 15) is 4.79 Å². The number of nitrogens with zero attached hydrogens (tertiary/aromatic N) is 1. The van der Waals surface area contributed by atoms with Crippen LogP contribution in [0.5, 0.6) is 0 Å². The van der Waals surface area contributed by atoms with E-state index in [1.165, 1.54) is 0 Å². The van der Waals surface area contributed by atoms with Crippen LogP contribution in [0.25, 0.3) is 0 Å². The van der Waals surface area contributed by atoms with E-state index >= 15 is 0 Å². The maximum absolute atomic E-state index is 11.7. The van der Waals surface area contributed by atoms with Gasteiger partial charge in [-0.15, -0.1) is 12.4 Å². The number of carbonyl (C=O) groups is 1. The van der Waals surface area contributed by atoms with E-state index in [-0.39, 0.29) is 24.2 Å². The van der Waals surface area contributed by atoms with E-state index in [0.29, 0.717) is 12.6 Å². The minimum absolute atomic E-state index is 0. The van der Waals surface area contributed by atoms with Crippen LogP contribution < -0.4 is 11.1 Å². The molecule has 0 aromatic rings. The Kier molecular flexibility index (Phi) is 8.52. The molecule has 0 saturated carbocycles. The van der Waals surface area contributed by atoms with Crippen LogP contribution in [0.1, 0.15) is 20.8 Å². The normalized spacial score (nSPS) is 20.1. The Balaban J connectivity index is 0.00000289. The third-order valence-electron chi connectivity index (χ3n) is 3.26. The van der Waals surface area contributed by atoms with Gasteiger partial charge in [0.2, 0.25) is 5.91 Å². The number of halogens is 1. The molecule has 0 bridgehead atoms. The zero-order valence-corrected chi connectivity index (χ0v) is 12.3. The van der Waals surface area contributed by atoms with Crippen LogP contribution in [-0.4, -0.2) is 55.7 Å². The Hall–Kier alpha value is -0.360. The van der Waals surface area contributed by atoms with Gasteiger partial charge in [0, 0.05) is 25.7 Å². The number of carbonyl (C=O) groups excluding carboxylic acids is 1. The van der Waals surface area contributed by atoms with Gasteiger partial charge in [0.05, 0.1) is 19.3 Å². The highest BCUT2D eigenvalue weighted by Gasteiger charge is 2.20. The van der Waals surface area contributed by atoms with Crippen molar-refractivity contribution >= 4 is 18.3 Å². The minimum Gasteiger partial charge on any atom is -0.379 e. The summed E-state index contributed by atoms with van der Waals surface area (Å²) in [6.07, 6.45) is 0. The first kappa shape index (κ1) is 17.6. The minimum atomic E-state index is -0.410. The molecule has 1 amide bonds. The molecule has 5 nitrogen and oxygen atoms in total. The number of rotatable bonds is 5. The lowest BCUT2D eigenvalue weighted by Gasteiger charge is -2.32. The molecule has 18 heavy (non-hydrogen) atoms. The van der Waals surface area contributed by atoms with E-state index < -0.39 is 6.04 Å². The highest BCUT2D eigenvalue weighted by molar-refractivity contribution is 5.85. The van der Waals surface area contributed by atoms with Gasteiger partial charge in [-0.2, -0.15) is 0 Å². The third kappa shape index (κ3) is 5.52. The van der Waals surface area contributed by atoms with E-state index in [0.717, 1.165) is 26.3 Å². The van der Waals surface area contributed by atoms with Crippen LogP contribution in [0, 0.1) is 5.92 Å². The summed E-state index contributed by atoms with van der Waals surface area (Å²) < 4.78 is 5.30. The lowest BCUT2D eigenvalue weighted by atomic mass is 10.0. The Bertz CT molecular complexity index is 245. The predicted molar refractivity (Wildman–Crippen MR) is 74.9 cm³/mol. The standard InChI is InChI=1S/C12H25N3O2.ClH/c1-9(2)11(13)12(16)14-8-10(3)15-4-6-17-7-5-15;/h9-11H,4-8,13H2,1-3H3,(H,14,16);1H/t10?,11-;/m0./s1. The first-order valence-electron chi connectivity index (χ1n) is 6.37. The molecule has 0 aromatic heterocycles. The first-order chi connectivity index (χ1) is 8.02. The van der Waals surface area contributed by atoms with Crippen molar-refractivity contribution in [2.24, 2.45) is 11.7 Å². The topological polar surface area (TPSA) is 67.6 Å². The number of ether oxygens (including phenoxy) is 1. The molecule has 1 fully saturated rings. The molecule has 6 heteroatoms. The van der Waals surface area contributed by atoms with Crippen molar-refractivity contribution in [1.82, 2.24) is 10.2 Å². The Morgan fingerprint density at radius 2 is 1.89 bits per heavy atom. The van der Waals surface area contributed by atoms with E-state index in [2.05, 4.69) is 17.1 Å². The zero-order chi connectivity index (χ0) is 12.8. The molecule has 3 N–H and O–H groups in total. The van der Waals surface area contributed by atoms with Gasteiger partial charge >= 0.3 is 0 Å². The van der Waals surface area contributed by atoms with Crippen LogP contribution in [0.15, 0.2) is 0 Å². The monoisotopic (exact) mass is 279 g/mol. The Morgan fingerprint density at radius 3 is 2.39 bits per heavy atom. The highest BCUT2D eigenvalue weighted by atomic mass is 35.5. The second-order valence-corrected chi connectivity index (χ2v) is 5.01. The summed E-state index contributed by atoms with van der Waals surface area (Å²) >= 11 is 0. The average Bonchev–Trinajstić information content (AvgIpc) is 2.35. The SMILES string of the molecule is CC(C)[C@H](N)C(=O)NCC(C)N1CCOCC1.Cl. The molecule has 0 aromatic carbocycles. The molecule has 1 unspecified atom stereocenters. The molecular weight excluding hydrogens is 254 g/mol. The molecule has 1 aliphatic heterocycles. The summed E-state index contributed by atoms with van der Waals surface area (Å²) in [5, 5.41) is 2.91. The van der Waals surface area contributed by atoms with Crippen molar-refractivity contribution in [1.29, 1.82) is 0 Å². The number of nitrogens with two attached hydrogens (primary N) is 1. The van der Waals surface area contributed by atoms with Crippen molar-refractivity contribution in [3.63, 3.8) is 0 Å². The molecule has 1 aliphatic rings. The van der Waals surface area contributed by atoms with Crippen LogP contribution >= 0.6 is 12.4 Å². The fourth-order valence-corrected chi connectivity index (χ4v) is 1.82. The van der Waals surface area contributed by atoms with Crippen molar-refractivity contribution in [2.75, 3.05) is 32.8 Å². The van der Waals surface area contributed by atoms with Crippen LogP contribution in [-0.2, 0) is 9.53 Å². The number of morpholine rings is 1. The molecule has 0 aliphatic carbocycles. The first-order valence-corrected chi connectivity index (χ1v) is 6.37. The van der Waals surface area contributed by atoms with Crippen LogP contribution in [0.2, 0.25) is 0 Å². The Morgan fingerprint density at radius 1 is 1.33 bits per heavy atom. The lowest BCUT2D eigenvalue weighted by Crippen LogP contribution is -2.50. The number of nitrogens with one attached hydrogen (secondary N) is 1. The highest BCUT2D eigenvalue weighted by Crippen LogP contribution is 2.03. The summed E-state index contributed by atoms with van der Waals surface area (Å²) in [5.74, 6) is 0.119. The molecule has 0 radical (unpaired) electrons. The summed E-state index contributed by atoms with van der Waals surface area (Å²) in [4.78, 5) is 14.0. The van der Waals surface area contributed by atoms with Crippen molar-refractivity contribution in [3.8, 4) is 0 Å². The fraction of sp³-hybridized carbons (Fsp3) is 0.917. The Labute approximate surface area is 116 Å². The van der Waals surface area contributed by atoms with Gasteiger partial charge < -0.3 is 15.8 Å². The predicted octanol–water partition coefficient (Wildman–Crippen LogP) is 0.228. The van der Waals surface area contributed by atoms with Gasteiger partial charge in [0.25, 0.3) is 0 Å². The van der Waals surface area contributed by atoms with E-state index in [1.54, 1.807) is 0 Å².